The van der Waals surface area contributed by atoms with Gasteiger partial charge in [0.25, 0.3) is 0 Å². The lowest BCUT2D eigenvalue weighted by molar-refractivity contribution is -0.137. The van der Waals surface area contributed by atoms with E-state index in [0.29, 0.717) is 18.7 Å². The number of carbonyl (C=O) groups excluding carboxylic acids is 1. The van der Waals surface area contributed by atoms with E-state index < -0.39 is 16.8 Å². The van der Waals surface area contributed by atoms with Crippen molar-refractivity contribution >= 4 is 22.8 Å². The molecule has 2 amide bonds. The van der Waals surface area contributed by atoms with Crippen molar-refractivity contribution in [3.63, 3.8) is 0 Å². The van der Waals surface area contributed by atoms with Gasteiger partial charge in [-0.3, -0.25) is 9.00 Å². The van der Waals surface area contributed by atoms with Crippen molar-refractivity contribution < 1.29 is 18.9 Å². The van der Waals surface area contributed by atoms with Gasteiger partial charge in [0, 0.05) is 41.4 Å². The molecule has 6 nitrogen and oxygen atoms in total. The molecule has 0 aromatic carbocycles. The minimum absolute atomic E-state index is 0.000772. The fraction of sp³-hybridized carbons (Fsp3) is 0.833. The number of carboxylic acid groups (broad SMARTS) is 1. The molecule has 0 aromatic heterocycles. The number of hydrogen-bond acceptors (Lipinski definition) is 3. The van der Waals surface area contributed by atoms with Crippen LogP contribution in [0.2, 0.25) is 0 Å². The van der Waals surface area contributed by atoms with Crippen LogP contribution in [0, 0.1) is 0 Å². The van der Waals surface area contributed by atoms with Gasteiger partial charge in [-0.25, -0.2) is 4.79 Å². The number of aliphatic carboxylic acids is 1. The summed E-state index contributed by atoms with van der Waals surface area (Å²) in [6.45, 7) is 2.48. The van der Waals surface area contributed by atoms with Gasteiger partial charge in [0.05, 0.1) is 6.42 Å². The Balaban J connectivity index is 2.43. The molecule has 1 aliphatic heterocycles. The van der Waals surface area contributed by atoms with Gasteiger partial charge >= 0.3 is 12.0 Å². The molecule has 0 bridgehead atoms. The summed E-state index contributed by atoms with van der Waals surface area (Å²) in [5.74, 6) is -0.320. The van der Waals surface area contributed by atoms with Crippen LogP contribution in [0.5, 0.6) is 0 Å². The summed E-state index contributed by atoms with van der Waals surface area (Å²) < 4.78 is 11.0. The van der Waals surface area contributed by atoms with E-state index in [0.717, 1.165) is 12.8 Å². The Morgan fingerprint density at radius 3 is 2.79 bits per heavy atom. The average molecular weight is 290 g/mol. The molecular formula is C12H22N2O4S. The van der Waals surface area contributed by atoms with Crippen LogP contribution in [0.4, 0.5) is 4.79 Å². The first-order chi connectivity index (χ1) is 8.90. The Morgan fingerprint density at radius 1 is 1.53 bits per heavy atom. The predicted molar refractivity (Wildman–Crippen MR) is 73.5 cm³/mol. The summed E-state index contributed by atoms with van der Waals surface area (Å²) in [7, 11) is -0.860. The summed E-state index contributed by atoms with van der Waals surface area (Å²) in [4.78, 5) is 24.4. The lowest BCUT2D eigenvalue weighted by atomic mass is 10.1. The second kappa shape index (κ2) is 7.47. The van der Waals surface area contributed by atoms with Gasteiger partial charge in [0.15, 0.2) is 0 Å². The van der Waals surface area contributed by atoms with Crippen molar-refractivity contribution in [3.05, 3.63) is 0 Å². The van der Waals surface area contributed by atoms with E-state index in [4.69, 9.17) is 5.11 Å². The first-order valence-corrected chi connectivity index (χ1v) is 8.21. The molecule has 1 heterocycles. The first kappa shape index (κ1) is 15.9. The molecule has 1 rings (SSSR count). The maximum Gasteiger partial charge on any atom is 0.317 e. The Labute approximate surface area is 116 Å². The third-order valence-corrected chi connectivity index (χ3v) is 4.07. The molecule has 0 radical (unpaired) electrons. The Bertz CT molecular complexity index is 362. The standard InChI is InChI=1S/C12H22N2O4S/c1-9(5-7-19(2)18)13-12(17)14-6-3-4-10(14)8-11(15)16/h9-10H,3-8H2,1-2H3,(H,13,17)(H,15,16). The molecule has 3 atom stereocenters. The molecule has 110 valence electrons. The minimum Gasteiger partial charge on any atom is -0.481 e. The van der Waals surface area contributed by atoms with E-state index in [1.807, 2.05) is 6.92 Å². The zero-order valence-electron chi connectivity index (χ0n) is 11.4. The van der Waals surface area contributed by atoms with Gasteiger partial charge in [0.2, 0.25) is 0 Å². The third kappa shape index (κ3) is 5.59. The van der Waals surface area contributed by atoms with Crippen LogP contribution in [-0.4, -0.2) is 56.9 Å². The number of nitrogens with one attached hydrogen (secondary N) is 1. The van der Waals surface area contributed by atoms with Crippen molar-refractivity contribution in [2.75, 3.05) is 18.6 Å². The normalized spacial score (nSPS) is 22.0. The summed E-state index contributed by atoms with van der Waals surface area (Å²) in [6, 6.07) is -0.467. The fourth-order valence-corrected chi connectivity index (χ4v) is 2.91. The van der Waals surface area contributed by atoms with Crippen LogP contribution in [-0.2, 0) is 15.6 Å². The maximum atomic E-state index is 12.0. The number of hydrogen-bond donors (Lipinski definition) is 2. The summed E-state index contributed by atoms with van der Waals surface area (Å²) in [5.41, 5.74) is 0. The summed E-state index contributed by atoms with van der Waals surface area (Å²) in [6.07, 6.45) is 3.89. The molecule has 0 spiro atoms. The molecule has 7 heteroatoms. The highest BCUT2D eigenvalue weighted by atomic mass is 32.2. The molecule has 0 saturated carbocycles. The summed E-state index contributed by atoms with van der Waals surface area (Å²) in [5, 5.41) is 11.6. The fourth-order valence-electron chi connectivity index (χ4n) is 2.23. The number of rotatable bonds is 6. The quantitative estimate of drug-likeness (QED) is 0.757. The van der Waals surface area contributed by atoms with Gasteiger partial charge in [0.1, 0.15) is 0 Å². The Hall–Kier alpha value is -1.11. The van der Waals surface area contributed by atoms with Crippen molar-refractivity contribution in [1.29, 1.82) is 0 Å². The van der Waals surface area contributed by atoms with Gasteiger partial charge < -0.3 is 15.3 Å². The predicted octanol–water partition coefficient (Wildman–Crippen LogP) is 0.792. The zero-order valence-corrected chi connectivity index (χ0v) is 12.2. The van der Waals surface area contributed by atoms with Crippen LogP contribution in [0.25, 0.3) is 0 Å². The first-order valence-electron chi connectivity index (χ1n) is 6.49. The molecule has 1 fully saturated rings. The van der Waals surface area contributed by atoms with Crippen molar-refractivity contribution in [1.82, 2.24) is 10.2 Å². The highest BCUT2D eigenvalue weighted by Gasteiger charge is 2.30. The molecule has 0 aromatic rings. The van der Waals surface area contributed by atoms with Gasteiger partial charge in [-0.1, -0.05) is 0 Å². The molecule has 19 heavy (non-hydrogen) atoms. The van der Waals surface area contributed by atoms with Crippen LogP contribution in [0.15, 0.2) is 0 Å². The van der Waals surface area contributed by atoms with E-state index in [2.05, 4.69) is 5.32 Å². The van der Waals surface area contributed by atoms with Gasteiger partial charge in [-0.05, 0) is 26.2 Å². The third-order valence-electron chi connectivity index (χ3n) is 3.26. The Kier molecular flexibility index (Phi) is 6.27. The highest BCUT2D eigenvalue weighted by molar-refractivity contribution is 7.84. The highest BCUT2D eigenvalue weighted by Crippen LogP contribution is 2.20. The molecule has 3 unspecified atom stereocenters. The van der Waals surface area contributed by atoms with Crippen molar-refractivity contribution in [2.24, 2.45) is 0 Å². The van der Waals surface area contributed by atoms with Crippen LogP contribution in [0.1, 0.15) is 32.6 Å². The SMILES string of the molecule is CC(CCS(C)=O)NC(=O)N1CCCC1CC(=O)O. The van der Waals surface area contributed by atoms with Gasteiger partial charge in [-0.2, -0.15) is 0 Å². The number of amides is 2. The number of urea groups is 1. The number of likely N-dealkylation sites (tertiary alicyclic amines) is 1. The average Bonchev–Trinajstić information content (AvgIpc) is 2.73. The molecule has 1 saturated heterocycles. The number of carbonyl (C=O) groups is 2. The van der Waals surface area contributed by atoms with E-state index in [-0.39, 0.29) is 24.5 Å². The maximum absolute atomic E-state index is 12.0. The van der Waals surface area contributed by atoms with Crippen LogP contribution >= 0.6 is 0 Å². The second-order valence-electron chi connectivity index (χ2n) is 5.00. The van der Waals surface area contributed by atoms with Crippen LogP contribution < -0.4 is 5.32 Å². The van der Waals surface area contributed by atoms with Gasteiger partial charge in [-0.15, -0.1) is 0 Å². The zero-order chi connectivity index (χ0) is 14.4. The summed E-state index contributed by atoms with van der Waals surface area (Å²) >= 11 is 0. The second-order valence-corrected chi connectivity index (χ2v) is 6.56. The number of nitrogens with zero attached hydrogens (tertiary/aromatic N) is 1. The van der Waals surface area contributed by atoms with Crippen molar-refractivity contribution in [2.45, 2.75) is 44.7 Å². The van der Waals surface area contributed by atoms with E-state index in [1.165, 1.54) is 0 Å². The van der Waals surface area contributed by atoms with Crippen LogP contribution in [0.3, 0.4) is 0 Å². The molecule has 1 aliphatic rings. The minimum atomic E-state index is -0.876. The smallest absolute Gasteiger partial charge is 0.317 e. The van der Waals surface area contributed by atoms with E-state index in [1.54, 1.807) is 11.2 Å². The largest absolute Gasteiger partial charge is 0.481 e. The molecule has 2 N–H and O–H groups in total. The van der Waals surface area contributed by atoms with E-state index >= 15 is 0 Å². The lowest BCUT2D eigenvalue weighted by Gasteiger charge is -2.25. The molecular weight excluding hydrogens is 268 g/mol. The Morgan fingerprint density at radius 2 is 2.21 bits per heavy atom. The topological polar surface area (TPSA) is 86.7 Å². The molecule has 0 aliphatic carbocycles. The van der Waals surface area contributed by atoms with Crippen molar-refractivity contribution in [3.8, 4) is 0 Å². The number of carboxylic acids is 1. The monoisotopic (exact) mass is 290 g/mol. The lowest BCUT2D eigenvalue weighted by Crippen LogP contribution is -2.46. The van der Waals surface area contributed by atoms with E-state index in [9.17, 15) is 13.8 Å².